The predicted molar refractivity (Wildman–Crippen MR) is 75.9 cm³/mol. The molecule has 2 N–H and O–H groups in total. The van der Waals surface area contributed by atoms with Crippen LogP contribution in [-0.2, 0) is 11.3 Å². The number of piperidine rings is 1. The maximum absolute atomic E-state index is 11.3. The van der Waals surface area contributed by atoms with Crippen LogP contribution in [0.5, 0.6) is 0 Å². The number of halogens is 1. The SMILES string of the molecule is CC1CCC(C(N)=O)CN1Cc1cccc(Br)c1. The van der Waals surface area contributed by atoms with Crippen LogP contribution >= 0.6 is 15.9 Å². The number of benzene rings is 1. The molecule has 1 heterocycles. The van der Waals surface area contributed by atoms with Crippen molar-refractivity contribution in [3.63, 3.8) is 0 Å². The van der Waals surface area contributed by atoms with Gasteiger partial charge in [-0.2, -0.15) is 0 Å². The Bertz CT molecular complexity index is 436. The summed E-state index contributed by atoms with van der Waals surface area (Å²) in [5, 5.41) is 0. The molecule has 1 aromatic carbocycles. The van der Waals surface area contributed by atoms with Crippen molar-refractivity contribution in [3.05, 3.63) is 34.3 Å². The Morgan fingerprint density at radius 3 is 2.94 bits per heavy atom. The number of hydrogen-bond donors (Lipinski definition) is 1. The van der Waals surface area contributed by atoms with Crippen molar-refractivity contribution in [1.29, 1.82) is 0 Å². The van der Waals surface area contributed by atoms with E-state index < -0.39 is 0 Å². The molecule has 98 valence electrons. The van der Waals surface area contributed by atoms with Gasteiger partial charge in [-0.05, 0) is 37.5 Å². The lowest BCUT2D eigenvalue weighted by molar-refractivity contribution is -0.124. The van der Waals surface area contributed by atoms with Crippen LogP contribution in [0.15, 0.2) is 28.7 Å². The van der Waals surface area contributed by atoms with Crippen LogP contribution in [0.25, 0.3) is 0 Å². The van der Waals surface area contributed by atoms with Gasteiger partial charge in [-0.3, -0.25) is 9.69 Å². The van der Waals surface area contributed by atoms with Crippen molar-refractivity contribution in [1.82, 2.24) is 4.90 Å². The van der Waals surface area contributed by atoms with Crippen molar-refractivity contribution in [3.8, 4) is 0 Å². The maximum Gasteiger partial charge on any atom is 0.221 e. The van der Waals surface area contributed by atoms with E-state index in [2.05, 4.69) is 39.9 Å². The molecule has 1 aromatic rings. The highest BCUT2D eigenvalue weighted by Crippen LogP contribution is 2.24. The first-order valence-electron chi connectivity index (χ1n) is 6.34. The van der Waals surface area contributed by atoms with Gasteiger partial charge < -0.3 is 5.73 Å². The summed E-state index contributed by atoms with van der Waals surface area (Å²) in [5.74, 6) is -0.158. The lowest BCUT2D eigenvalue weighted by Gasteiger charge is -2.36. The highest BCUT2D eigenvalue weighted by atomic mass is 79.9. The quantitative estimate of drug-likeness (QED) is 0.932. The number of carbonyl (C=O) groups is 1. The molecule has 0 radical (unpaired) electrons. The molecule has 2 rings (SSSR count). The summed E-state index contributed by atoms with van der Waals surface area (Å²) in [6.07, 6.45) is 1.97. The number of likely N-dealkylation sites (tertiary alicyclic amines) is 1. The summed E-state index contributed by atoms with van der Waals surface area (Å²) in [4.78, 5) is 13.6. The van der Waals surface area contributed by atoms with Gasteiger partial charge in [-0.15, -0.1) is 0 Å². The van der Waals surface area contributed by atoms with E-state index in [1.807, 2.05) is 12.1 Å². The van der Waals surface area contributed by atoms with Crippen LogP contribution < -0.4 is 5.73 Å². The smallest absolute Gasteiger partial charge is 0.221 e. The van der Waals surface area contributed by atoms with Gasteiger partial charge in [0.1, 0.15) is 0 Å². The van der Waals surface area contributed by atoms with Crippen LogP contribution in [0.1, 0.15) is 25.3 Å². The number of nitrogens with zero attached hydrogens (tertiary/aromatic N) is 1. The first-order chi connectivity index (χ1) is 8.56. The molecule has 2 atom stereocenters. The van der Waals surface area contributed by atoms with E-state index in [1.165, 1.54) is 5.56 Å². The summed E-state index contributed by atoms with van der Waals surface area (Å²) in [7, 11) is 0. The molecule has 0 saturated carbocycles. The van der Waals surface area contributed by atoms with E-state index in [-0.39, 0.29) is 11.8 Å². The molecule has 1 aliphatic rings. The lowest BCUT2D eigenvalue weighted by Crippen LogP contribution is -2.45. The molecule has 18 heavy (non-hydrogen) atoms. The minimum atomic E-state index is -0.166. The third-order valence-corrected chi connectivity index (χ3v) is 4.18. The molecular formula is C14H19BrN2O. The second-order valence-corrected chi connectivity index (χ2v) is 6.00. The average Bonchev–Trinajstić information content (AvgIpc) is 2.31. The number of carbonyl (C=O) groups excluding carboxylic acids is 1. The molecule has 0 spiro atoms. The van der Waals surface area contributed by atoms with Crippen molar-refractivity contribution in [2.75, 3.05) is 6.54 Å². The van der Waals surface area contributed by atoms with Crippen molar-refractivity contribution in [2.45, 2.75) is 32.4 Å². The minimum Gasteiger partial charge on any atom is -0.369 e. The van der Waals surface area contributed by atoms with Gasteiger partial charge in [0.2, 0.25) is 5.91 Å². The number of primary amides is 1. The molecule has 1 aliphatic heterocycles. The molecule has 2 unspecified atom stereocenters. The van der Waals surface area contributed by atoms with Crippen molar-refractivity contribution >= 4 is 21.8 Å². The number of amides is 1. The molecule has 0 aliphatic carbocycles. The third-order valence-electron chi connectivity index (χ3n) is 3.69. The van der Waals surface area contributed by atoms with E-state index >= 15 is 0 Å². The molecule has 1 saturated heterocycles. The number of nitrogens with two attached hydrogens (primary N) is 1. The molecular weight excluding hydrogens is 292 g/mol. The highest BCUT2D eigenvalue weighted by molar-refractivity contribution is 9.10. The van der Waals surface area contributed by atoms with Crippen molar-refractivity contribution in [2.24, 2.45) is 11.7 Å². The normalized spacial score (nSPS) is 25.0. The Morgan fingerprint density at radius 2 is 2.28 bits per heavy atom. The van der Waals surface area contributed by atoms with Crippen LogP contribution in [0.3, 0.4) is 0 Å². The van der Waals surface area contributed by atoms with Gasteiger partial charge in [0, 0.05) is 23.6 Å². The third kappa shape index (κ3) is 3.33. The Kier molecular flexibility index (Phi) is 4.40. The fourth-order valence-electron chi connectivity index (χ4n) is 2.50. The summed E-state index contributed by atoms with van der Waals surface area (Å²) in [5.41, 5.74) is 6.68. The molecule has 4 heteroatoms. The average molecular weight is 311 g/mol. The van der Waals surface area contributed by atoms with Gasteiger partial charge >= 0.3 is 0 Å². The molecule has 3 nitrogen and oxygen atoms in total. The fourth-order valence-corrected chi connectivity index (χ4v) is 2.95. The second kappa shape index (κ2) is 5.85. The summed E-state index contributed by atoms with van der Waals surface area (Å²) in [6, 6.07) is 8.82. The largest absolute Gasteiger partial charge is 0.369 e. The molecule has 1 amide bonds. The van der Waals surface area contributed by atoms with Gasteiger partial charge in [0.25, 0.3) is 0 Å². The van der Waals surface area contributed by atoms with Crippen LogP contribution in [0.2, 0.25) is 0 Å². The monoisotopic (exact) mass is 310 g/mol. The number of rotatable bonds is 3. The Hall–Kier alpha value is -0.870. The summed E-state index contributed by atoms with van der Waals surface area (Å²) < 4.78 is 1.09. The number of hydrogen-bond acceptors (Lipinski definition) is 2. The standard InChI is InChI=1S/C14H19BrN2O/c1-10-5-6-12(14(16)18)9-17(10)8-11-3-2-4-13(15)7-11/h2-4,7,10,12H,5-6,8-9H2,1H3,(H2,16,18). The molecule has 0 aromatic heterocycles. The van der Waals surface area contributed by atoms with Crippen molar-refractivity contribution < 1.29 is 4.79 Å². The zero-order chi connectivity index (χ0) is 13.1. The Labute approximate surface area is 116 Å². The molecule has 0 bridgehead atoms. The molecule has 1 fully saturated rings. The predicted octanol–water partition coefficient (Wildman–Crippen LogP) is 2.53. The Balaban J connectivity index is 2.04. The highest BCUT2D eigenvalue weighted by Gasteiger charge is 2.28. The minimum absolute atomic E-state index is 0.00773. The first kappa shape index (κ1) is 13.6. The van der Waals surface area contributed by atoms with Gasteiger partial charge in [-0.1, -0.05) is 28.1 Å². The topological polar surface area (TPSA) is 46.3 Å². The van der Waals surface area contributed by atoms with E-state index in [0.717, 1.165) is 30.4 Å². The second-order valence-electron chi connectivity index (χ2n) is 5.09. The van der Waals surface area contributed by atoms with E-state index in [9.17, 15) is 4.79 Å². The van der Waals surface area contributed by atoms with Crippen LogP contribution in [0.4, 0.5) is 0 Å². The van der Waals surface area contributed by atoms with Gasteiger partial charge in [0.05, 0.1) is 5.92 Å². The lowest BCUT2D eigenvalue weighted by atomic mass is 9.92. The van der Waals surface area contributed by atoms with Gasteiger partial charge in [0.15, 0.2) is 0 Å². The fraction of sp³-hybridized carbons (Fsp3) is 0.500. The van der Waals surface area contributed by atoms with Crippen LogP contribution in [0, 0.1) is 5.92 Å². The Morgan fingerprint density at radius 1 is 1.50 bits per heavy atom. The summed E-state index contributed by atoms with van der Waals surface area (Å²) in [6.45, 7) is 3.88. The zero-order valence-corrected chi connectivity index (χ0v) is 12.2. The van der Waals surface area contributed by atoms with Crippen LogP contribution in [-0.4, -0.2) is 23.4 Å². The van der Waals surface area contributed by atoms with E-state index in [4.69, 9.17) is 5.73 Å². The van der Waals surface area contributed by atoms with E-state index in [0.29, 0.717) is 6.04 Å². The van der Waals surface area contributed by atoms with E-state index in [1.54, 1.807) is 0 Å². The van der Waals surface area contributed by atoms with Gasteiger partial charge in [-0.25, -0.2) is 0 Å². The first-order valence-corrected chi connectivity index (χ1v) is 7.13. The zero-order valence-electron chi connectivity index (χ0n) is 10.6. The summed E-state index contributed by atoms with van der Waals surface area (Å²) >= 11 is 3.48. The maximum atomic E-state index is 11.3.